The zero-order valence-corrected chi connectivity index (χ0v) is 10.6. The van der Waals surface area contributed by atoms with E-state index in [9.17, 15) is 13.5 Å². The molecule has 1 aromatic rings. The molecule has 1 aliphatic rings. The zero-order chi connectivity index (χ0) is 12.3. The lowest BCUT2D eigenvalue weighted by Gasteiger charge is -2.14. The standard InChI is InChI=1S/C13H18O3S/c14-13(8-11-4-2-1-3-5-11)9-12-6-7-17(15,16)10-12/h1-5,12-14H,6-10H2. The summed E-state index contributed by atoms with van der Waals surface area (Å²) in [4.78, 5) is 0. The number of aliphatic hydroxyl groups excluding tert-OH is 1. The van der Waals surface area contributed by atoms with E-state index >= 15 is 0 Å². The SMILES string of the molecule is O=S1(=O)CCC(CC(O)Cc2ccccc2)C1. The van der Waals surface area contributed by atoms with Gasteiger partial charge < -0.3 is 5.11 Å². The Morgan fingerprint density at radius 2 is 2.00 bits per heavy atom. The van der Waals surface area contributed by atoms with Crippen molar-refractivity contribution in [3.8, 4) is 0 Å². The summed E-state index contributed by atoms with van der Waals surface area (Å²) < 4.78 is 22.6. The molecular weight excluding hydrogens is 236 g/mol. The number of hydrogen-bond donors (Lipinski definition) is 1. The summed E-state index contributed by atoms with van der Waals surface area (Å²) in [6.45, 7) is 0. The predicted octanol–water partition coefficient (Wildman–Crippen LogP) is 1.41. The first-order valence-corrected chi connectivity index (χ1v) is 7.80. The highest BCUT2D eigenvalue weighted by atomic mass is 32.2. The van der Waals surface area contributed by atoms with E-state index in [1.165, 1.54) is 0 Å². The van der Waals surface area contributed by atoms with Gasteiger partial charge in [0.2, 0.25) is 0 Å². The number of aliphatic hydroxyl groups is 1. The Morgan fingerprint density at radius 3 is 2.59 bits per heavy atom. The van der Waals surface area contributed by atoms with Gasteiger partial charge in [-0.25, -0.2) is 8.42 Å². The Hall–Kier alpha value is -0.870. The van der Waals surface area contributed by atoms with Crippen molar-refractivity contribution >= 4 is 9.84 Å². The van der Waals surface area contributed by atoms with Gasteiger partial charge in [0.15, 0.2) is 9.84 Å². The van der Waals surface area contributed by atoms with Crippen LogP contribution in [0.3, 0.4) is 0 Å². The zero-order valence-electron chi connectivity index (χ0n) is 9.75. The van der Waals surface area contributed by atoms with Crippen LogP contribution in [0.15, 0.2) is 30.3 Å². The molecule has 2 atom stereocenters. The minimum Gasteiger partial charge on any atom is -0.393 e. The van der Waals surface area contributed by atoms with E-state index in [1.807, 2.05) is 30.3 Å². The summed E-state index contributed by atoms with van der Waals surface area (Å²) >= 11 is 0. The van der Waals surface area contributed by atoms with E-state index in [4.69, 9.17) is 0 Å². The van der Waals surface area contributed by atoms with Gasteiger partial charge in [0.1, 0.15) is 0 Å². The normalized spacial score (nSPS) is 24.6. The molecule has 1 aromatic carbocycles. The van der Waals surface area contributed by atoms with Gasteiger partial charge in [-0.1, -0.05) is 30.3 Å². The van der Waals surface area contributed by atoms with Crippen LogP contribution in [0.25, 0.3) is 0 Å². The minimum atomic E-state index is -2.83. The van der Waals surface area contributed by atoms with Crippen LogP contribution >= 0.6 is 0 Å². The van der Waals surface area contributed by atoms with Gasteiger partial charge in [-0.2, -0.15) is 0 Å². The Morgan fingerprint density at radius 1 is 1.29 bits per heavy atom. The molecule has 0 aromatic heterocycles. The second-order valence-electron chi connectivity index (χ2n) is 4.85. The average Bonchev–Trinajstić information content (AvgIpc) is 2.59. The van der Waals surface area contributed by atoms with Gasteiger partial charge in [-0.05, 0) is 30.7 Å². The van der Waals surface area contributed by atoms with Crippen LogP contribution in [0, 0.1) is 5.92 Å². The molecule has 1 aliphatic heterocycles. The van der Waals surface area contributed by atoms with Crippen LogP contribution in [-0.2, 0) is 16.3 Å². The van der Waals surface area contributed by atoms with Crippen LogP contribution in [0.5, 0.6) is 0 Å². The largest absolute Gasteiger partial charge is 0.393 e. The molecule has 17 heavy (non-hydrogen) atoms. The van der Waals surface area contributed by atoms with Gasteiger partial charge in [0.25, 0.3) is 0 Å². The maximum absolute atomic E-state index is 11.3. The number of sulfone groups is 1. The third-order valence-electron chi connectivity index (χ3n) is 3.25. The Labute approximate surface area is 102 Å². The molecule has 3 nitrogen and oxygen atoms in total. The molecule has 0 spiro atoms. The molecule has 0 bridgehead atoms. The Bertz CT molecular complexity index is 453. The van der Waals surface area contributed by atoms with Crippen molar-refractivity contribution in [2.45, 2.75) is 25.4 Å². The highest BCUT2D eigenvalue weighted by Crippen LogP contribution is 2.23. The molecule has 0 radical (unpaired) electrons. The molecule has 1 fully saturated rings. The maximum Gasteiger partial charge on any atom is 0.150 e. The second kappa shape index (κ2) is 5.19. The number of hydrogen-bond acceptors (Lipinski definition) is 3. The monoisotopic (exact) mass is 254 g/mol. The lowest BCUT2D eigenvalue weighted by molar-refractivity contribution is 0.147. The molecule has 1 N–H and O–H groups in total. The van der Waals surface area contributed by atoms with Gasteiger partial charge in [-0.15, -0.1) is 0 Å². The first-order valence-electron chi connectivity index (χ1n) is 5.97. The summed E-state index contributed by atoms with van der Waals surface area (Å²) in [6.07, 6.45) is 1.47. The Kier molecular flexibility index (Phi) is 3.84. The second-order valence-corrected chi connectivity index (χ2v) is 7.08. The van der Waals surface area contributed by atoms with Crippen LogP contribution in [-0.4, -0.2) is 31.1 Å². The van der Waals surface area contributed by atoms with Crippen molar-refractivity contribution in [2.24, 2.45) is 5.92 Å². The first-order chi connectivity index (χ1) is 8.05. The van der Waals surface area contributed by atoms with E-state index in [2.05, 4.69) is 0 Å². The molecule has 1 heterocycles. The smallest absolute Gasteiger partial charge is 0.150 e. The molecule has 1 saturated heterocycles. The van der Waals surface area contributed by atoms with Crippen molar-refractivity contribution in [3.63, 3.8) is 0 Å². The minimum absolute atomic E-state index is 0.138. The van der Waals surface area contributed by atoms with Crippen LogP contribution in [0.2, 0.25) is 0 Å². The van der Waals surface area contributed by atoms with E-state index in [0.29, 0.717) is 19.3 Å². The Balaban J connectivity index is 1.84. The van der Waals surface area contributed by atoms with E-state index in [0.717, 1.165) is 5.56 Å². The van der Waals surface area contributed by atoms with Gasteiger partial charge in [0.05, 0.1) is 17.6 Å². The van der Waals surface area contributed by atoms with Crippen molar-refractivity contribution in [1.29, 1.82) is 0 Å². The lowest BCUT2D eigenvalue weighted by Crippen LogP contribution is -2.17. The average molecular weight is 254 g/mol. The maximum atomic E-state index is 11.3. The molecule has 2 unspecified atom stereocenters. The highest BCUT2D eigenvalue weighted by Gasteiger charge is 2.29. The molecule has 94 valence electrons. The van der Waals surface area contributed by atoms with Crippen molar-refractivity contribution in [1.82, 2.24) is 0 Å². The summed E-state index contributed by atoms with van der Waals surface area (Å²) in [5.41, 5.74) is 1.10. The third kappa shape index (κ3) is 3.82. The van der Waals surface area contributed by atoms with Gasteiger partial charge in [-0.3, -0.25) is 0 Å². The van der Waals surface area contributed by atoms with Crippen LogP contribution in [0.4, 0.5) is 0 Å². The quantitative estimate of drug-likeness (QED) is 0.884. The molecule has 0 amide bonds. The van der Waals surface area contributed by atoms with Gasteiger partial charge in [0, 0.05) is 0 Å². The van der Waals surface area contributed by atoms with Crippen molar-refractivity contribution in [3.05, 3.63) is 35.9 Å². The third-order valence-corrected chi connectivity index (χ3v) is 5.08. The fourth-order valence-corrected chi connectivity index (χ4v) is 4.29. The number of benzene rings is 1. The van der Waals surface area contributed by atoms with Gasteiger partial charge >= 0.3 is 0 Å². The summed E-state index contributed by atoms with van der Waals surface area (Å²) in [7, 11) is -2.83. The van der Waals surface area contributed by atoms with Crippen molar-refractivity contribution in [2.75, 3.05) is 11.5 Å². The molecule has 2 rings (SSSR count). The molecule has 4 heteroatoms. The lowest BCUT2D eigenvalue weighted by atomic mass is 9.97. The summed E-state index contributed by atoms with van der Waals surface area (Å²) in [5, 5.41) is 9.94. The topological polar surface area (TPSA) is 54.4 Å². The fourth-order valence-electron chi connectivity index (χ4n) is 2.41. The van der Waals surface area contributed by atoms with Crippen molar-refractivity contribution < 1.29 is 13.5 Å². The van der Waals surface area contributed by atoms with E-state index in [-0.39, 0.29) is 17.4 Å². The number of rotatable bonds is 4. The van der Waals surface area contributed by atoms with Crippen LogP contribution in [0.1, 0.15) is 18.4 Å². The highest BCUT2D eigenvalue weighted by molar-refractivity contribution is 7.91. The molecule has 0 saturated carbocycles. The van der Waals surface area contributed by atoms with Crippen LogP contribution < -0.4 is 0 Å². The first kappa shape index (κ1) is 12.6. The van der Waals surface area contributed by atoms with E-state index in [1.54, 1.807) is 0 Å². The summed E-state index contributed by atoms with van der Waals surface area (Å²) in [5.74, 6) is 0.674. The summed E-state index contributed by atoms with van der Waals surface area (Å²) in [6, 6.07) is 9.80. The molecule has 0 aliphatic carbocycles. The van der Waals surface area contributed by atoms with E-state index < -0.39 is 15.9 Å². The fraction of sp³-hybridized carbons (Fsp3) is 0.538. The molecular formula is C13H18O3S. The predicted molar refractivity (Wildman–Crippen MR) is 67.5 cm³/mol.